The molecule has 0 aromatic carbocycles. The summed E-state index contributed by atoms with van der Waals surface area (Å²) in [6.07, 6.45) is -2.42. The van der Waals surface area contributed by atoms with E-state index in [1.54, 1.807) is 0 Å². The van der Waals surface area contributed by atoms with Gasteiger partial charge in [0.2, 0.25) is 6.29 Å². The molecule has 0 rings (SSSR count). The summed E-state index contributed by atoms with van der Waals surface area (Å²) in [7, 11) is 2.74. The van der Waals surface area contributed by atoms with E-state index in [0.717, 1.165) is 0 Å². The monoisotopic (exact) mass is 373 g/mol. The number of nitrogens with zero attached hydrogens (tertiary/aromatic N) is 1. The van der Waals surface area contributed by atoms with E-state index in [2.05, 4.69) is 19.0 Å². The molecule has 0 saturated heterocycles. The SMILES string of the molecule is CC(OC(=O)OCCSSCCOC(=O)COC=O)O[N+](=O)[O-]. The van der Waals surface area contributed by atoms with Gasteiger partial charge in [-0.1, -0.05) is 21.6 Å². The van der Waals surface area contributed by atoms with E-state index in [-0.39, 0.29) is 19.7 Å². The van der Waals surface area contributed by atoms with Gasteiger partial charge in [-0.25, -0.2) is 9.59 Å². The topological polar surface area (TPSA) is 140 Å². The van der Waals surface area contributed by atoms with Crippen LogP contribution < -0.4 is 0 Å². The van der Waals surface area contributed by atoms with E-state index in [1.807, 2.05) is 0 Å². The molecule has 0 spiro atoms. The summed E-state index contributed by atoms with van der Waals surface area (Å²) in [5, 5.41) is 8.88. The molecule has 1 unspecified atom stereocenters. The number of esters is 1. The van der Waals surface area contributed by atoms with Gasteiger partial charge >= 0.3 is 12.1 Å². The molecule has 132 valence electrons. The molecule has 0 bridgehead atoms. The Morgan fingerprint density at radius 3 is 2.39 bits per heavy atom. The summed E-state index contributed by atoms with van der Waals surface area (Å²) in [5.41, 5.74) is 0. The lowest BCUT2D eigenvalue weighted by Gasteiger charge is -2.10. The minimum Gasteiger partial charge on any atom is -0.462 e. The van der Waals surface area contributed by atoms with Crippen molar-refractivity contribution in [1.29, 1.82) is 0 Å². The number of hydrogen-bond acceptors (Lipinski definition) is 12. The maximum Gasteiger partial charge on any atom is 0.510 e. The van der Waals surface area contributed by atoms with Crippen molar-refractivity contribution in [3.8, 4) is 0 Å². The third-order valence-corrected chi connectivity index (χ3v) is 4.00. The Kier molecular flexibility index (Phi) is 12.6. The van der Waals surface area contributed by atoms with Gasteiger partial charge in [0.15, 0.2) is 6.61 Å². The van der Waals surface area contributed by atoms with Crippen molar-refractivity contribution in [3.63, 3.8) is 0 Å². The molecule has 0 aliphatic heterocycles. The first-order valence-corrected chi connectivity index (χ1v) is 8.54. The van der Waals surface area contributed by atoms with Crippen LogP contribution in [0.15, 0.2) is 0 Å². The van der Waals surface area contributed by atoms with Crippen molar-refractivity contribution in [3.05, 3.63) is 10.1 Å². The van der Waals surface area contributed by atoms with Crippen LogP contribution in [0.5, 0.6) is 0 Å². The highest BCUT2D eigenvalue weighted by atomic mass is 33.1. The van der Waals surface area contributed by atoms with Crippen LogP contribution in [-0.2, 0) is 33.4 Å². The first-order valence-electron chi connectivity index (χ1n) is 6.05. The molecular weight excluding hydrogens is 358 g/mol. The molecule has 0 fully saturated rings. The van der Waals surface area contributed by atoms with Gasteiger partial charge in [-0.15, -0.1) is 10.1 Å². The number of carbonyl (C=O) groups is 3. The molecular formula is C10H15NO10S2. The molecule has 0 aromatic rings. The zero-order valence-corrected chi connectivity index (χ0v) is 13.7. The maximum atomic E-state index is 11.1. The fraction of sp³-hybridized carbons (Fsp3) is 0.700. The fourth-order valence-corrected chi connectivity index (χ4v) is 2.58. The molecule has 0 aliphatic carbocycles. The second-order valence-corrected chi connectivity index (χ2v) is 6.09. The van der Waals surface area contributed by atoms with Crippen LogP contribution in [0.1, 0.15) is 6.92 Å². The summed E-state index contributed by atoms with van der Waals surface area (Å²) in [5.74, 6) is 0.294. The van der Waals surface area contributed by atoms with E-state index in [9.17, 15) is 24.5 Å². The van der Waals surface area contributed by atoms with Gasteiger partial charge in [-0.2, -0.15) is 0 Å². The smallest absolute Gasteiger partial charge is 0.462 e. The molecule has 0 saturated carbocycles. The Hall–Kier alpha value is -1.89. The van der Waals surface area contributed by atoms with Crippen LogP contribution >= 0.6 is 21.6 Å². The van der Waals surface area contributed by atoms with Crippen LogP contribution in [0.2, 0.25) is 0 Å². The summed E-state index contributed by atoms with van der Waals surface area (Å²) in [6, 6.07) is 0. The van der Waals surface area contributed by atoms with Crippen molar-refractivity contribution in [1.82, 2.24) is 0 Å². The Labute approximate surface area is 138 Å². The van der Waals surface area contributed by atoms with E-state index in [0.29, 0.717) is 11.5 Å². The van der Waals surface area contributed by atoms with Gasteiger partial charge < -0.3 is 18.9 Å². The molecule has 11 nitrogen and oxygen atoms in total. The maximum absolute atomic E-state index is 11.1. The zero-order valence-electron chi connectivity index (χ0n) is 12.0. The van der Waals surface area contributed by atoms with Gasteiger partial charge in [0.1, 0.15) is 13.2 Å². The lowest BCUT2D eigenvalue weighted by atomic mass is 10.7. The van der Waals surface area contributed by atoms with Gasteiger partial charge in [0, 0.05) is 11.5 Å². The number of rotatable bonds is 13. The minimum atomic E-state index is -1.35. The average Bonchev–Trinajstić information content (AvgIpc) is 2.46. The van der Waals surface area contributed by atoms with E-state index in [4.69, 9.17) is 4.74 Å². The standard InChI is InChI=1S/C10H15NO10S2/c1-8(21-11(15)16)20-10(14)19-3-5-23-22-4-2-18-9(13)6-17-7-12/h7-8H,2-6H2,1H3. The number of carbonyl (C=O) groups excluding carboxylic acids is 3. The predicted octanol–water partition coefficient (Wildman–Crippen LogP) is 0.792. The highest BCUT2D eigenvalue weighted by molar-refractivity contribution is 8.76. The molecule has 13 heteroatoms. The first-order chi connectivity index (χ1) is 11.0. The van der Waals surface area contributed by atoms with Crippen LogP contribution in [-0.4, -0.2) is 61.3 Å². The van der Waals surface area contributed by atoms with Gasteiger partial charge in [-0.3, -0.25) is 9.63 Å². The molecule has 0 radical (unpaired) electrons. The molecule has 0 N–H and O–H groups in total. The molecule has 23 heavy (non-hydrogen) atoms. The van der Waals surface area contributed by atoms with Crippen LogP contribution in [0.25, 0.3) is 0 Å². The highest BCUT2D eigenvalue weighted by Gasteiger charge is 2.13. The Bertz CT molecular complexity index is 394. The molecule has 0 aromatic heterocycles. The van der Waals surface area contributed by atoms with Gasteiger partial charge in [0.25, 0.3) is 11.6 Å². The van der Waals surface area contributed by atoms with Crippen molar-refractivity contribution in [2.24, 2.45) is 0 Å². The highest BCUT2D eigenvalue weighted by Crippen LogP contribution is 2.20. The minimum absolute atomic E-state index is 0.0364. The summed E-state index contributed by atoms with van der Waals surface area (Å²) in [4.78, 5) is 45.7. The van der Waals surface area contributed by atoms with Crippen molar-refractivity contribution >= 4 is 40.2 Å². The number of hydrogen-bond donors (Lipinski definition) is 0. The van der Waals surface area contributed by atoms with Gasteiger partial charge in [-0.05, 0) is 6.92 Å². The second-order valence-electron chi connectivity index (χ2n) is 3.38. The van der Waals surface area contributed by atoms with Crippen molar-refractivity contribution in [2.75, 3.05) is 31.3 Å². The Balaban J connectivity index is 3.42. The average molecular weight is 373 g/mol. The first kappa shape index (κ1) is 21.1. The second kappa shape index (κ2) is 13.8. The lowest BCUT2D eigenvalue weighted by molar-refractivity contribution is -0.777. The fourth-order valence-electron chi connectivity index (χ4n) is 0.922. The lowest BCUT2D eigenvalue weighted by Crippen LogP contribution is -2.22. The molecule has 0 heterocycles. The molecule has 0 amide bonds. The van der Waals surface area contributed by atoms with Crippen molar-refractivity contribution < 1.29 is 43.3 Å². The van der Waals surface area contributed by atoms with E-state index < -0.39 is 30.1 Å². The predicted molar refractivity (Wildman–Crippen MR) is 77.9 cm³/mol. The van der Waals surface area contributed by atoms with Crippen LogP contribution in [0, 0.1) is 10.1 Å². The van der Waals surface area contributed by atoms with Crippen molar-refractivity contribution in [2.45, 2.75) is 13.2 Å². The normalized spacial score (nSPS) is 11.0. The Morgan fingerprint density at radius 1 is 1.22 bits per heavy atom. The largest absolute Gasteiger partial charge is 0.510 e. The van der Waals surface area contributed by atoms with E-state index in [1.165, 1.54) is 28.5 Å². The summed E-state index contributed by atoms with van der Waals surface area (Å²) < 4.78 is 18.0. The number of ether oxygens (including phenoxy) is 4. The summed E-state index contributed by atoms with van der Waals surface area (Å²) in [6.45, 7) is 1.10. The summed E-state index contributed by atoms with van der Waals surface area (Å²) >= 11 is 0. The quantitative estimate of drug-likeness (QED) is 0.0658. The molecule has 0 aliphatic rings. The third-order valence-electron chi connectivity index (χ3n) is 1.67. The third kappa shape index (κ3) is 14.8. The van der Waals surface area contributed by atoms with Crippen LogP contribution in [0.3, 0.4) is 0 Å². The van der Waals surface area contributed by atoms with Gasteiger partial charge in [0.05, 0.1) is 0 Å². The Morgan fingerprint density at radius 2 is 1.83 bits per heavy atom. The zero-order chi connectivity index (χ0) is 17.5. The van der Waals surface area contributed by atoms with E-state index >= 15 is 0 Å². The van der Waals surface area contributed by atoms with Crippen LogP contribution in [0.4, 0.5) is 4.79 Å². The molecule has 1 atom stereocenters.